The van der Waals surface area contributed by atoms with Crippen LogP contribution in [0.1, 0.15) is 11.4 Å². The monoisotopic (exact) mass is 383 g/mol. The van der Waals surface area contributed by atoms with E-state index in [-0.39, 0.29) is 17.4 Å². The predicted octanol–water partition coefficient (Wildman–Crippen LogP) is 0.521. The van der Waals surface area contributed by atoms with E-state index in [1.54, 1.807) is 31.6 Å². The van der Waals surface area contributed by atoms with Gasteiger partial charge in [-0.25, -0.2) is 23.1 Å². The Labute approximate surface area is 150 Å². The van der Waals surface area contributed by atoms with Crippen LogP contribution in [0.15, 0.2) is 46.5 Å². The summed E-state index contributed by atoms with van der Waals surface area (Å²) in [7, 11) is -2.13. The van der Waals surface area contributed by atoms with E-state index in [4.69, 9.17) is 0 Å². The summed E-state index contributed by atoms with van der Waals surface area (Å²) in [5, 5.41) is 2.70. The first kappa shape index (κ1) is 19.3. The highest BCUT2D eigenvalue weighted by Crippen LogP contribution is 2.08. The molecular weight excluding hydrogens is 362 g/mol. The smallest absolute Gasteiger partial charge is 0.264 e. The van der Waals surface area contributed by atoms with Gasteiger partial charge in [-0.1, -0.05) is 18.2 Å². The van der Waals surface area contributed by atoms with Gasteiger partial charge >= 0.3 is 0 Å². The van der Waals surface area contributed by atoms with Crippen LogP contribution >= 0.6 is 0 Å². The third-order valence-corrected chi connectivity index (χ3v) is 5.95. The number of nitrogens with zero attached hydrogens (tertiary/aromatic N) is 2. The second kappa shape index (κ2) is 8.88. The summed E-state index contributed by atoms with van der Waals surface area (Å²) in [6.07, 6.45) is 1.57. The van der Waals surface area contributed by atoms with Crippen LogP contribution in [-0.2, 0) is 27.0 Å². The van der Waals surface area contributed by atoms with Gasteiger partial charge in [-0.15, -0.1) is 0 Å². The molecule has 2 rings (SSSR count). The molecule has 0 fully saturated rings. The lowest BCUT2D eigenvalue weighted by Crippen LogP contribution is -2.39. The fourth-order valence-electron chi connectivity index (χ4n) is 1.98. The molecule has 1 aromatic heterocycles. The maximum atomic E-state index is 12.2. The molecule has 1 unspecified atom stereocenters. The lowest BCUT2D eigenvalue weighted by molar-refractivity contribution is 0.591. The van der Waals surface area contributed by atoms with E-state index in [0.717, 1.165) is 11.4 Å². The maximum Gasteiger partial charge on any atom is 0.264 e. The number of benzene rings is 1. The summed E-state index contributed by atoms with van der Waals surface area (Å²) >= 11 is -1.12. The molecule has 0 aliphatic rings. The topological polar surface area (TPSA) is 122 Å². The van der Waals surface area contributed by atoms with Crippen molar-refractivity contribution in [2.45, 2.75) is 17.6 Å². The number of sulfonamides is 1. The van der Waals surface area contributed by atoms with Crippen molar-refractivity contribution in [1.82, 2.24) is 20.0 Å². The third-order valence-electron chi connectivity index (χ3n) is 3.35. The molecule has 8 nitrogen and oxygen atoms in total. The van der Waals surface area contributed by atoms with Crippen molar-refractivity contribution >= 4 is 27.2 Å². The van der Waals surface area contributed by atoms with Crippen molar-refractivity contribution in [3.63, 3.8) is 0 Å². The van der Waals surface area contributed by atoms with Crippen LogP contribution in [0.3, 0.4) is 0 Å². The van der Waals surface area contributed by atoms with Gasteiger partial charge < -0.3 is 14.9 Å². The van der Waals surface area contributed by atoms with Crippen molar-refractivity contribution in [1.29, 1.82) is 0 Å². The number of imidazole rings is 1. The Hall–Kier alpha value is -2.04. The number of hydrogen-bond acceptors (Lipinski definition) is 5. The molecule has 0 spiro atoms. The molecule has 0 radical (unpaired) electrons. The van der Waals surface area contributed by atoms with Gasteiger partial charge in [0.15, 0.2) is 0 Å². The number of guanidine groups is 1. The molecule has 3 N–H and O–H groups in total. The molecular formula is C15H21N5O3S2. The summed E-state index contributed by atoms with van der Waals surface area (Å²) in [6.45, 7) is 2.08. The SMILES string of the molecule is CNC(=NCC[S+]([O-])Cc1[nH]cnc1C)NS(=O)(=O)c1ccccc1. The Morgan fingerprint density at radius 3 is 2.68 bits per heavy atom. The first-order valence-electron chi connectivity index (χ1n) is 7.56. The number of nitrogens with one attached hydrogen (secondary N) is 3. The summed E-state index contributed by atoms with van der Waals surface area (Å²) < 4.78 is 38.9. The minimum atomic E-state index is -3.70. The molecule has 2 aromatic rings. The van der Waals surface area contributed by atoms with Crippen LogP contribution in [0.5, 0.6) is 0 Å². The number of aryl methyl sites for hydroxylation is 1. The molecule has 25 heavy (non-hydrogen) atoms. The molecule has 0 amide bonds. The number of aromatic nitrogens is 2. The van der Waals surface area contributed by atoms with Crippen LogP contribution < -0.4 is 10.0 Å². The Bertz CT molecular complexity index is 806. The Balaban J connectivity index is 1.91. The molecule has 0 saturated heterocycles. The van der Waals surface area contributed by atoms with Gasteiger partial charge in [-0.05, 0) is 30.2 Å². The van der Waals surface area contributed by atoms with Crippen LogP contribution in [0.2, 0.25) is 0 Å². The Kier molecular flexibility index (Phi) is 6.85. The highest BCUT2D eigenvalue weighted by molar-refractivity contribution is 7.90. The fraction of sp³-hybridized carbons (Fsp3) is 0.333. The zero-order valence-electron chi connectivity index (χ0n) is 14.0. The second-order valence-electron chi connectivity index (χ2n) is 5.15. The quantitative estimate of drug-likeness (QED) is 0.365. The minimum absolute atomic E-state index is 0.110. The predicted molar refractivity (Wildman–Crippen MR) is 98.2 cm³/mol. The zero-order chi connectivity index (χ0) is 18.3. The lowest BCUT2D eigenvalue weighted by atomic mass is 10.4. The summed E-state index contributed by atoms with van der Waals surface area (Å²) in [4.78, 5) is 11.3. The largest absolute Gasteiger partial charge is 0.616 e. The summed E-state index contributed by atoms with van der Waals surface area (Å²) in [6, 6.07) is 8.02. The van der Waals surface area contributed by atoms with E-state index >= 15 is 0 Å². The first-order chi connectivity index (χ1) is 11.9. The van der Waals surface area contributed by atoms with E-state index in [9.17, 15) is 13.0 Å². The number of rotatable bonds is 7. The van der Waals surface area contributed by atoms with E-state index in [0.29, 0.717) is 11.5 Å². The van der Waals surface area contributed by atoms with Crippen molar-refractivity contribution < 1.29 is 13.0 Å². The Morgan fingerprint density at radius 2 is 2.08 bits per heavy atom. The third kappa shape index (κ3) is 5.76. The molecule has 0 aliphatic heterocycles. The molecule has 10 heteroatoms. The number of H-pyrrole nitrogens is 1. The highest BCUT2D eigenvalue weighted by Gasteiger charge is 2.16. The first-order valence-corrected chi connectivity index (χ1v) is 10.5. The molecule has 1 aromatic carbocycles. The van der Waals surface area contributed by atoms with Gasteiger partial charge in [-0.2, -0.15) is 0 Å². The lowest BCUT2D eigenvalue weighted by Gasteiger charge is -2.12. The van der Waals surface area contributed by atoms with Crippen molar-refractivity contribution in [3.05, 3.63) is 48.0 Å². The standard InChI is InChI=1S/C15H21N5O3S2/c1-12-14(19-11-18-12)10-24(21)9-8-17-15(16-2)20-25(22,23)13-6-4-3-5-7-13/h3-7,11H,8-10H2,1-2H3,(H,18,19)(H2,16,17,20). The second-order valence-corrected chi connectivity index (χ2v) is 8.41. The van der Waals surface area contributed by atoms with Crippen molar-refractivity contribution in [3.8, 4) is 0 Å². The zero-order valence-corrected chi connectivity index (χ0v) is 15.7. The average Bonchev–Trinajstić information content (AvgIpc) is 2.99. The van der Waals surface area contributed by atoms with E-state index < -0.39 is 21.2 Å². The molecule has 0 bridgehead atoms. The molecule has 0 saturated carbocycles. The van der Waals surface area contributed by atoms with E-state index in [1.807, 2.05) is 6.92 Å². The molecule has 1 heterocycles. The van der Waals surface area contributed by atoms with Crippen LogP contribution in [0.4, 0.5) is 0 Å². The minimum Gasteiger partial charge on any atom is -0.616 e. The highest BCUT2D eigenvalue weighted by atomic mass is 32.2. The molecule has 1 atom stereocenters. The van der Waals surface area contributed by atoms with Gasteiger partial charge in [0.1, 0.15) is 11.5 Å². The van der Waals surface area contributed by atoms with E-state index in [2.05, 4.69) is 25.0 Å². The number of aliphatic imine (C=N–C) groups is 1. The summed E-state index contributed by atoms with van der Waals surface area (Å²) in [5.41, 5.74) is 1.66. The van der Waals surface area contributed by atoms with Gasteiger partial charge in [0.2, 0.25) is 5.96 Å². The van der Waals surface area contributed by atoms with Gasteiger partial charge in [0.25, 0.3) is 10.0 Å². The van der Waals surface area contributed by atoms with Crippen LogP contribution in [-0.4, -0.2) is 48.2 Å². The fourth-order valence-corrected chi connectivity index (χ4v) is 4.08. The Morgan fingerprint density at radius 1 is 1.36 bits per heavy atom. The number of aromatic amines is 1. The van der Waals surface area contributed by atoms with Crippen molar-refractivity contribution in [2.75, 3.05) is 19.3 Å². The van der Waals surface area contributed by atoms with Gasteiger partial charge in [-0.3, -0.25) is 0 Å². The normalized spacial score (nSPS) is 13.5. The summed E-state index contributed by atoms with van der Waals surface area (Å²) in [5.74, 6) is 0.793. The van der Waals surface area contributed by atoms with Crippen LogP contribution in [0.25, 0.3) is 0 Å². The molecule has 136 valence electrons. The van der Waals surface area contributed by atoms with E-state index in [1.165, 1.54) is 12.1 Å². The van der Waals surface area contributed by atoms with Crippen molar-refractivity contribution in [2.24, 2.45) is 4.99 Å². The van der Waals surface area contributed by atoms with Gasteiger partial charge in [0, 0.05) is 7.05 Å². The maximum absolute atomic E-state index is 12.2. The average molecular weight is 383 g/mol. The van der Waals surface area contributed by atoms with Crippen LogP contribution in [0, 0.1) is 6.92 Å². The molecule has 0 aliphatic carbocycles. The number of hydrogen-bond donors (Lipinski definition) is 3. The van der Waals surface area contributed by atoms with Gasteiger partial charge in [0.05, 0.1) is 29.2 Å².